The number of furan rings is 1. The van der Waals surface area contributed by atoms with Crippen LogP contribution in [0.1, 0.15) is 17.5 Å². The van der Waals surface area contributed by atoms with Gasteiger partial charge in [0.05, 0.1) is 0 Å². The first-order valence-corrected chi connectivity index (χ1v) is 5.65. The Morgan fingerprint density at radius 3 is 2.94 bits per heavy atom. The highest BCUT2D eigenvalue weighted by molar-refractivity contribution is 5.92. The molecule has 88 valence electrons. The zero-order valence-electron chi connectivity index (χ0n) is 9.45. The smallest absolute Gasteiger partial charge is 0.289 e. The molecule has 0 spiro atoms. The predicted octanol–water partition coefficient (Wildman–Crippen LogP) is 0.757. The average molecular weight is 223 g/mol. The van der Waals surface area contributed by atoms with Crippen LogP contribution in [0.5, 0.6) is 0 Å². The van der Waals surface area contributed by atoms with Gasteiger partial charge >= 0.3 is 0 Å². The van der Waals surface area contributed by atoms with Gasteiger partial charge in [0.15, 0.2) is 11.6 Å². The van der Waals surface area contributed by atoms with Gasteiger partial charge < -0.3 is 20.0 Å². The summed E-state index contributed by atoms with van der Waals surface area (Å²) in [6.07, 6.45) is 0. The number of piperazine rings is 1. The van der Waals surface area contributed by atoms with Gasteiger partial charge in [0.1, 0.15) is 0 Å². The highest BCUT2D eigenvalue weighted by Gasteiger charge is 2.20. The third-order valence-electron chi connectivity index (χ3n) is 2.57. The van der Waals surface area contributed by atoms with Gasteiger partial charge in [-0.3, -0.25) is 4.79 Å². The highest BCUT2D eigenvalue weighted by atomic mass is 16.4. The Bertz CT molecular complexity index is 356. The lowest BCUT2D eigenvalue weighted by atomic mass is 10.3. The minimum absolute atomic E-state index is 0.0225. The standard InChI is InChI=1S/C11H17N3O2/c1-2-13-10-4-3-9(16-10)11(15)14-7-5-12-6-8-14/h3-4,12-13H,2,5-8H2,1H3. The molecule has 1 aliphatic rings. The van der Waals surface area contributed by atoms with Gasteiger partial charge in [-0.25, -0.2) is 0 Å². The molecule has 0 aliphatic carbocycles. The van der Waals surface area contributed by atoms with E-state index in [-0.39, 0.29) is 5.91 Å². The van der Waals surface area contributed by atoms with Crippen LogP contribution in [0.15, 0.2) is 16.5 Å². The Kier molecular flexibility index (Phi) is 3.46. The van der Waals surface area contributed by atoms with Gasteiger partial charge in [-0.2, -0.15) is 0 Å². The summed E-state index contributed by atoms with van der Waals surface area (Å²) in [5.74, 6) is 1.05. The summed E-state index contributed by atoms with van der Waals surface area (Å²) in [5, 5.41) is 6.25. The van der Waals surface area contributed by atoms with Crippen LogP contribution in [0.2, 0.25) is 0 Å². The van der Waals surface area contributed by atoms with Crippen molar-refractivity contribution in [1.82, 2.24) is 10.2 Å². The van der Waals surface area contributed by atoms with Crippen molar-refractivity contribution >= 4 is 11.8 Å². The van der Waals surface area contributed by atoms with Gasteiger partial charge in [-0.15, -0.1) is 0 Å². The first kappa shape index (κ1) is 11.0. The maximum atomic E-state index is 12.0. The van der Waals surface area contributed by atoms with Crippen LogP contribution in [-0.4, -0.2) is 43.5 Å². The van der Waals surface area contributed by atoms with Crippen LogP contribution in [-0.2, 0) is 0 Å². The van der Waals surface area contributed by atoms with Gasteiger partial charge in [0.25, 0.3) is 5.91 Å². The van der Waals surface area contributed by atoms with Crippen molar-refractivity contribution < 1.29 is 9.21 Å². The number of carbonyl (C=O) groups is 1. The molecule has 5 nitrogen and oxygen atoms in total. The molecule has 1 fully saturated rings. The maximum absolute atomic E-state index is 12.0. The summed E-state index contributed by atoms with van der Waals surface area (Å²) in [6.45, 7) is 5.97. The van der Waals surface area contributed by atoms with Crippen molar-refractivity contribution in [2.45, 2.75) is 6.92 Å². The van der Waals surface area contributed by atoms with Crippen molar-refractivity contribution in [2.75, 3.05) is 38.0 Å². The fourth-order valence-electron chi connectivity index (χ4n) is 1.75. The molecule has 2 N–H and O–H groups in total. The summed E-state index contributed by atoms with van der Waals surface area (Å²) in [4.78, 5) is 13.8. The first-order chi connectivity index (χ1) is 7.81. The van der Waals surface area contributed by atoms with Gasteiger partial charge in [-0.05, 0) is 13.0 Å². The minimum Gasteiger partial charge on any atom is -0.436 e. The molecule has 0 atom stereocenters. The molecular formula is C11H17N3O2. The number of nitrogens with zero attached hydrogens (tertiary/aromatic N) is 1. The third-order valence-corrected chi connectivity index (χ3v) is 2.57. The Morgan fingerprint density at radius 2 is 2.25 bits per heavy atom. The SMILES string of the molecule is CCNc1ccc(C(=O)N2CCNCC2)o1. The predicted molar refractivity (Wildman–Crippen MR) is 61.6 cm³/mol. The minimum atomic E-state index is -0.0225. The van der Waals surface area contributed by atoms with E-state index in [1.165, 1.54) is 0 Å². The second-order valence-corrected chi connectivity index (χ2v) is 3.74. The number of amides is 1. The second kappa shape index (κ2) is 5.03. The molecule has 5 heteroatoms. The first-order valence-electron chi connectivity index (χ1n) is 5.65. The molecule has 1 amide bonds. The maximum Gasteiger partial charge on any atom is 0.289 e. The fourth-order valence-corrected chi connectivity index (χ4v) is 1.75. The highest BCUT2D eigenvalue weighted by Crippen LogP contribution is 2.15. The van der Waals surface area contributed by atoms with E-state index >= 15 is 0 Å². The van der Waals surface area contributed by atoms with Crippen LogP contribution in [0.3, 0.4) is 0 Å². The topological polar surface area (TPSA) is 57.5 Å². The van der Waals surface area contributed by atoms with Crippen LogP contribution in [0.4, 0.5) is 5.88 Å². The normalized spacial score (nSPS) is 16.2. The van der Waals surface area contributed by atoms with E-state index in [0.29, 0.717) is 11.6 Å². The average Bonchev–Trinajstić information content (AvgIpc) is 2.78. The molecule has 2 rings (SSSR count). The second-order valence-electron chi connectivity index (χ2n) is 3.74. The van der Waals surface area contributed by atoms with E-state index in [9.17, 15) is 4.79 Å². The van der Waals surface area contributed by atoms with Crippen LogP contribution in [0, 0.1) is 0 Å². The number of hydrogen-bond donors (Lipinski definition) is 2. The Labute approximate surface area is 94.8 Å². The lowest BCUT2D eigenvalue weighted by Gasteiger charge is -2.26. The number of nitrogens with one attached hydrogen (secondary N) is 2. The summed E-state index contributed by atoms with van der Waals surface area (Å²) in [6, 6.07) is 3.52. The molecule has 0 radical (unpaired) electrons. The molecule has 1 aromatic heterocycles. The van der Waals surface area contributed by atoms with Crippen molar-refractivity contribution in [1.29, 1.82) is 0 Å². The molecule has 0 bridgehead atoms. The van der Waals surface area contributed by atoms with Gasteiger partial charge in [-0.1, -0.05) is 0 Å². The number of carbonyl (C=O) groups excluding carboxylic acids is 1. The zero-order chi connectivity index (χ0) is 11.4. The molecule has 0 saturated carbocycles. The van der Waals surface area contributed by atoms with Gasteiger partial charge in [0, 0.05) is 38.8 Å². The molecule has 16 heavy (non-hydrogen) atoms. The molecule has 1 saturated heterocycles. The summed E-state index contributed by atoms with van der Waals surface area (Å²) < 4.78 is 5.42. The van der Waals surface area contributed by atoms with E-state index in [4.69, 9.17) is 4.42 Å². The Hall–Kier alpha value is -1.49. The molecule has 2 heterocycles. The Morgan fingerprint density at radius 1 is 1.50 bits per heavy atom. The number of rotatable bonds is 3. The largest absolute Gasteiger partial charge is 0.436 e. The zero-order valence-corrected chi connectivity index (χ0v) is 9.45. The van der Waals surface area contributed by atoms with E-state index in [2.05, 4.69) is 10.6 Å². The summed E-state index contributed by atoms with van der Waals surface area (Å²) in [5.41, 5.74) is 0. The van der Waals surface area contributed by atoms with Crippen molar-refractivity contribution in [3.8, 4) is 0 Å². The van der Waals surface area contributed by atoms with Crippen molar-refractivity contribution in [3.63, 3.8) is 0 Å². The van der Waals surface area contributed by atoms with Crippen LogP contribution < -0.4 is 10.6 Å². The molecule has 1 aliphatic heterocycles. The molecular weight excluding hydrogens is 206 g/mol. The van der Waals surface area contributed by atoms with Crippen LogP contribution in [0.25, 0.3) is 0 Å². The molecule has 0 unspecified atom stereocenters. The lowest BCUT2D eigenvalue weighted by molar-refractivity contribution is 0.0705. The number of hydrogen-bond acceptors (Lipinski definition) is 4. The molecule has 0 aromatic carbocycles. The fraction of sp³-hybridized carbons (Fsp3) is 0.545. The third kappa shape index (κ3) is 2.36. The Balaban J connectivity index is 2.01. The van der Waals surface area contributed by atoms with E-state index in [1.54, 1.807) is 12.1 Å². The van der Waals surface area contributed by atoms with E-state index in [1.807, 2.05) is 11.8 Å². The van der Waals surface area contributed by atoms with Gasteiger partial charge in [0.2, 0.25) is 0 Å². The summed E-state index contributed by atoms with van der Waals surface area (Å²) in [7, 11) is 0. The summed E-state index contributed by atoms with van der Waals surface area (Å²) >= 11 is 0. The lowest BCUT2D eigenvalue weighted by Crippen LogP contribution is -2.46. The van der Waals surface area contributed by atoms with Crippen molar-refractivity contribution in [2.24, 2.45) is 0 Å². The quantitative estimate of drug-likeness (QED) is 0.794. The van der Waals surface area contributed by atoms with E-state index in [0.717, 1.165) is 32.7 Å². The van der Waals surface area contributed by atoms with Crippen molar-refractivity contribution in [3.05, 3.63) is 17.9 Å². The molecule has 1 aromatic rings. The monoisotopic (exact) mass is 223 g/mol. The van der Waals surface area contributed by atoms with E-state index < -0.39 is 0 Å². The number of anilines is 1. The van der Waals surface area contributed by atoms with Crippen LogP contribution >= 0.6 is 0 Å².